The minimum atomic E-state index is -0.779. The lowest BCUT2D eigenvalue weighted by Crippen LogP contribution is -2.44. The molecule has 1 heterocycles. The second kappa shape index (κ2) is 6.03. The van der Waals surface area contributed by atoms with Gasteiger partial charge in [-0.05, 0) is 36.8 Å². The summed E-state index contributed by atoms with van der Waals surface area (Å²) in [6, 6.07) is 5.08. The van der Waals surface area contributed by atoms with Gasteiger partial charge >= 0.3 is 6.03 Å². The summed E-state index contributed by atoms with van der Waals surface area (Å²) in [5, 5.41) is 16.0. The molecule has 1 aliphatic rings. The molecule has 1 aromatic rings. The van der Waals surface area contributed by atoms with Crippen LogP contribution in [0.4, 0.5) is 10.5 Å². The summed E-state index contributed by atoms with van der Waals surface area (Å²) >= 11 is 7.70. The summed E-state index contributed by atoms with van der Waals surface area (Å²) in [6.07, 6.45) is 0.711. The highest BCUT2D eigenvalue weighted by Crippen LogP contribution is 2.27. The first kappa shape index (κ1) is 14.5. The predicted molar refractivity (Wildman–Crippen MR) is 80.1 cm³/mol. The van der Waals surface area contributed by atoms with Crippen molar-refractivity contribution in [3.63, 3.8) is 0 Å². The van der Waals surface area contributed by atoms with Crippen LogP contribution < -0.4 is 10.6 Å². The van der Waals surface area contributed by atoms with E-state index in [0.717, 1.165) is 11.3 Å². The lowest BCUT2D eigenvalue weighted by molar-refractivity contribution is 0.0706. The standard InChI is InChI=1S/C13H17ClN2O2S/c1-9-2-3-10(14)11(6-9)16-12(17)15-7-13(18)4-5-19-8-13/h2-3,6,18H,4-5,7-8H2,1H3,(H2,15,16,17). The molecule has 2 amide bonds. The monoisotopic (exact) mass is 300 g/mol. The molecule has 19 heavy (non-hydrogen) atoms. The zero-order valence-electron chi connectivity index (χ0n) is 10.7. The largest absolute Gasteiger partial charge is 0.387 e. The number of carbonyl (C=O) groups excluding carboxylic acids is 1. The van der Waals surface area contributed by atoms with Gasteiger partial charge in [0, 0.05) is 12.3 Å². The molecule has 1 atom stereocenters. The molecule has 3 N–H and O–H groups in total. The molecule has 0 spiro atoms. The normalized spacial score (nSPS) is 22.3. The molecule has 1 fully saturated rings. The van der Waals surface area contributed by atoms with Crippen LogP contribution in [0, 0.1) is 6.92 Å². The number of thioether (sulfide) groups is 1. The molecule has 0 aliphatic carbocycles. The van der Waals surface area contributed by atoms with Gasteiger partial charge in [-0.15, -0.1) is 0 Å². The van der Waals surface area contributed by atoms with E-state index in [9.17, 15) is 9.90 Å². The van der Waals surface area contributed by atoms with Crippen LogP contribution in [-0.2, 0) is 0 Å². The van der Waals surface area contributed by atoms with Gasteiger partial charge in [0.1, 0.15) is 0 Å². The molecule has 1 aromatic carbocycles. The highest BCUT2D eigenvalue weighted by atomic mass is 35.5. The summed E-state index contributed by atoms with van der Waals surface area (Å²) in [7, 11) is 0. The van der Waals surface area contributed by atoms with Crippen molar-refractivity contribution in [3.05, 3.63) is 28.8 Å². The van der Waals surface area contributed by atoms with Crippen molar-refractivity contribution in [2.24, 2.45) is 0 Å². The number of rotatable bonds is 3. The van der Waals surface area contributed by atoms with Crippen LogP contribution in [0.2, 0.25) is 5.02 Å². The number of aliphatic hydroxyl groups is 1. The minimum absolute atomic E-state index is 0.259. The summed E-state index contributed by atoms with van der Waals surface area (Å²) in [5.74, 6) is 1.60. The summed E-state index contributed by atoms with van der Waals surface area (Å²) in [6.45, 7) is 2.19. The molecule has 6 heteroatoms. The van der Waals surface area contributed by atoms with Gasteiger partial charge in [-0.3, -0.25) is 0 Å². The molecule has 1 aliphatic heterocycles. The molecule has 0 bridgehead atoms. The van der Waals surface area contributed by atoms with Crippen molar-refractivity contribution in [3.8, 4) is 0 Å². The molecule has 4 nitrogen and oxygen atoms in total. The van der Waals surface area contributed by atoms with Crippen LogP contribution in [0.1, 0.15) is 12.0 Å². The highest BCUT2D eigenvalue weighted by molar-refractivity contribution is 7.99. The van der Waals surface area contributed by atoms with E-state index < -0.39 is 5.60 Å². The van der Waals surface area contributed by atoms with E-state index in [-0.39, 0.29) is 12.6 Å². The van der Waals surface area contributed by atoms with Gasteiger partial charge < -0.3 is 15.7 Å². The van der Waals surface area contributed by atoms with E-state index in [2.05, 4.69) is 10.6 Å². The van der Waals surface area contributed by atoms with Crippen LogP contribution in [0.25, 0.3) is 0 Å². The zero-order chi connectivity index (χ0) is 13.9. The number of aryl methyl sites for hydroxylation is 1. The van der Waals surface area contributed by atoms with Crippen molar-refractivity contribution in [2.45, 2.75) is 18.9 Å². The van der Waals surface area contributed by atoms with Crippen molar-refractivity contribution in [1.82, 2.24) is 5.32 Å². The van der Waals surface area contributed by atoms with Crippen LogP contribution in [0.3, 0.4) is 0 Å². The van der Waals surface area contributed by atoms with E-state index in [1.54, 1.807) is 17.8 Å². The molecule has 1 saturated heterocycles. The molecule has 0 saturated carbocycles. The van der Waals surface area contributed by atoms with Crippen molar-refractivity contribution in [1.29, 1.82) is 0 Å². The topological polar surface area (TPSA) is 61.4 Å². The maximum Gasteiger partial charge on any atom is 0.319 e. The number of anilines is 1. The molecular formula is C13H17ClN2O2S. The smallest absolute Gasteiger partial charge is 0.319 e. The van der Waals surface area contributed by atoms with Gasteiger partial charge in [-0.2, -0.15) is 11.8 Å². The second-order valence-electron chi connectivity index (χ2n) is 4.82. The van der Waals surface area contributed by atoms with Gasteiger partial charge in [0.2, 0.25) is 0 Å². The van der Waals surface area contributed by atoms with E-state index in [0.29, 0.717) is 22.9 Å². The van der Waals surface area contributed by atoms with E-state index >= 15 is 0 Å². The number of carbonyl (C=O) groups is 1. The minimum Gasteiger partial charge on any atom is -0.387 e. The number of nitrogens with one attached hydrogen (secondary N) is 2. The average Bonchev–Trinajstić information content (AvgIpc) is 2.79. The average molecular weight is 301 g/mol. The highest BCUT2D eigenvalue weighted by Gasteiger charge is 2.31. The lowest BCUT2D eigenvalue weighted by Gasteiger charge is -2.21. The van der Waals surface area contributed by atoms with Crippen molar-refractivity contribution < 1.29 is 9.90 Å². The third-order valence-corrected chi connectivity index (χ3v) is 4.59. The van der Waals surface area contributed by atoms with Gasteiger partial charge in [0.15, 0.2) is 0 Å². The maximum absolute atomic E-state index is 11.8. The van der Waals surface area contributed by atoms with Crippen LogP contribution >= 0.6 is 23.4 Å². The molecule has 0 aromatic heterocycles. The SMILES string of the molecule is Cc1ccc(Cl)c(NC(=O)NCC2(O)CCSC2)c1. The molecule has 0 radical (unpaired) electrons. The van der Waals surface area contributed by atoms with E-state index in [4.69, 9.17) is 11.6 Å². The second-order valence-corrected chi connectivity index (χ2v) is 6.33. The Labute approximate surface area is 121 Å². The first-order valence-electron chi connectivity index (χ1n) is 6.10. The first-order chi connectivity index (χ1) is 8.98. The number of urea groups is 1. The predicted octanol–water partition coefficient (Wildman–Crippen LogP) is 2.64. The Balaban J connectivity index is 1.89. The Morgan fingerprint density at radius 1 is 1.58 bits per heavy atom. The van der Waals surface area contributed by atoms with Crippen LogP contribution in [-0.4, -0.2) is 34.8 Å². The Bertz CT molecular complexity index is 476. The zero-order valence-corrected chi connectivity index (χ0v) is 12.3. The van der Waals surface area contributed by atoms with E-state index in [1.807, 2.05) is 19.1 Å². The molecule has 104 valence electrons. The molecule has 1 unspecified atom stereocenters. The summed E-state index contributed by atoms with van der Waals surface area (Å²) < 4.78 is 0. The number of hydrogen-bond donors (Lipinski definition) is 3. The summed E-state index contributed by atoms with van der Waals surface area (Å²) in [5.41, 5.74) is 0.816. The Kier molecular flexibility index (Phi) is 4.60. The number of hydrogen-bond acceptors (Lipinski definition) is 3. The van der Waals surface area contributed by atoms with Gasteiger partial charge in [-0.25, -0.2) is 4.79 Å². The van der Waals surface area contributed by atoms with Crippen molar-refractivity contribution in [2.75, 3.05) is 23.4 Å². The number of amides is 2. The summed E-state index contributed by atoms with van der Waals surface area (Å²) in [4.78, 5) is 11.8. The van der Waals surface area contributed by atoms with Gasteiger partial charge in [0.25, 0.3) is 0 Å². The van der Waals surface area contributed by atoms with Crippen LogP contribution in [0.15, 0.2) is 18.2 Å². The molecule has 2 rings (SSSR count). The molecular weight excluding hydrogens is 284 g/mol. The fraction of sp³-hybridized carbons (Fsp3) is 0.462. The lowest BCUT2D eigenvalue weighted by atomic mass is 10.0. The van der Waals surface area contributed by atoms with Gasteiger partial charge in [-0.1, -0.05) is 17.7 Å². The van der Waals surface area contributed by atoms with Crippen molar-refractivity contribution >= 4 is 35.1 Å². The Morgan fingerprint density at radius 3 is 3.05 bits per heavy atom. The van der Waals surface area contributed by atoms with Crippen LogP contribution in [0.5, 0.6) is 0 Å². The number of benzene rings is 1. The van der Waals surface area contributed by atoms with E-state index in [1.165, 1.54) is 0 Å². The Hall–Kier alpha value is -0.910. The maximum atomic E-state index is 11.8. The quantitative estimate of drug-likeness (QED) is 0.804. The third-order valence-electron chi connectivity index (χ3n) is 3.03. The number of halogens is 1. The fourth-order valence-corrected chi connectivity index (χ4v) is 3.34. The third kappa shape index (κ3) is 4.03. The Morgan fingerprint density at radius 2 is 2.37 bits per heavy atom. The van der Waals surface area contributed by atoms with Gasteiger partial charge in [0.05, 0.1) is 16.3 Å². The fourth-order valence-electron chi connectivity index (χ4n) is 1.88. The first-order valence-corrected chi connectivity index (χ1v) is 7.63.